The molecule has 0 heterocycles. The van der Waals surface area contributed by atoms with Crippen LogP contribution in [0.25, 0.3) is 0 Å². The van der Waals surface area contributed by atoms with Crippen molar-refractivity contribution in [3.63, 3.8) is 0 Å². The molecule has 0 rings (SSSR count). The van der Waals surface area contributed by atoms with Gasteiger partial charge in [0.2, 0.25) is 0 Å². The van der Waals surface area contributed by atoms with E-state index in [4.69, 9.17) is 5.73 Å². The monoisotopic (exact) mass is 177 g/mol. The van der Waals surface area contributed by atoms with Crippen molar-refractivity contribution in [2.24, 2.45) is 5.73 Å². The number of carbonyl (C=O) groups is 1. The maximum Gasteiger partial charge on any atom is 0.275 e. The summed E-state index contributed by atoms with van der Waals surface area (Å²) < 4.78 is 0. The lowest BCUT2D eigenvalue weighted by molar-refractivity contribution is -0.409. The topological polar surface area (TPSA) is 91.0 Å². The van der Waals surface area contributed by atoms with E-state index in [1.807, 2.05) is 13.8 Å². The summed E-state index contributed by atoms with van der Waals surface area (Å²) in [6.07, 6.45) is 0.308. The first-order valence-corrected chi connectivity index (χ1v) is 4.18. The Bertz CT molecular complexity index is 130. The van der Waals surface area contributed by atoms with Crippen molar-refractivity contribution in [2.45, 2.75) is 45.8 Å². The number of hydrogen-bond acceptors (Lipinski definition) is 2. The van der Waals surface area contributed by atoms with Gasteiger partial charge in [0.15, 0.2) is 6.04 Å². The molecule has 0 radical (unpaired) electrons. The van der Waals surface area contributed by atoms with Crippen LogP contribution >= 0.6 is 0 Å². The first kappa shape index (κ1) is 13.9. The first-order chi connectivity index (χ1) is 5.33. The number of rotatable bonds is 3. The van der Waals surface area contributed by atoms with E-state index in [0.717, 1.165) is 0 Å². The maximum atomic E-state index is 10.4. The van der Waals surface area contributed by atoms with E-state index in [1.165, 1.54) is 0 Å². The van der Waals surface area contributed by atoms with Gasteiger partial charge in [-0.1, -0.05) is 13.8 Å². The molecule has 1 amide bonds. The highest BCUT2D eigenvalue weighted by Crippen LogP contribution is 2.07. The minimum atomic E-state index is -0.860. The van der Waals surface area contributed by atoms with Crippen LogP contribution in [0, 0.1) is 0 Å². The lowest BCUT2D eigenvalue weighted by Gasteiger charge is -2.17. The molecule has 1 unspecified atom stereocenters. The van der Waals surface area contributed by atoms with Crippen LogP contribution in [-0.2, 0) is 4.79 Å². The molecule has 0 aromatic carbocycles. The summed E-state index contributed by atoms with van der Waals surface area (Å²) in [5, 5.41) is 9.19. The van der Waals surface area contributed by atoms with Crippen LogP contribution in [0.1, 0.15) is 34.1 Å². The highest BCUT2D eigenvalue weighted by Gasteiger charge is 2.23. The molecule has 12 heavy (non-hydrogen) atoms. The zero-order valence-electron chi connectivity index (χ0n) is 8.42. The molecule has 0 bridgehead atoms. The van der Waals surface area contributed by atoms with Crippen molar-refractivity contribution in [1.82, 2.24) is 0 Å². The van der Waals surface area contributed by atoms with Crippen LogP contribution in [0.4, 0.5) is 0 Å². The average Bonchev–Trinajstić information content (AvgIpc) is 1.88. The predicted octanol–water partition coefficient (Wildman–Crippen LogP) is -0.731. The van der Waals surface area contributed by atoms with Crippen molar-refractivity contribution in [2.75, 3.05) is 0 Å². The second-order valence-corrected chi connectivity index (χ2v) is 3.12. The Morgan fingerprint density at radius 1 is 1.58 bits per heavy atom. The lowest BCUT2D eigenvalue weighted by atomic mass is 10.00. The van der Waals surface area contributed by atoms with Gasteiger partial charge in [0.25, 0.3) is 5.91 Å². The molecule has 0 aliphatic heterocycles. The molecule has 1 atom stereocenters. The van der Waals surface area contributed by atoms with Gasteiger partial charge < -0.3 is 16.6 Å². The van der Waals surface area contributed by atoms with Gasteiger partial charge >= 0.3 is 0 Å². The van der Waals surface area contributed by atoms with Crippen LogP contribution < -0.4 is 11.5 Å². The first-order valence-electron chi connectivity index (χ1n) is 4.18. The van der Waals surface area contributed by atoms with E-state index in [1.54, 1.807) is 13.8 Å². The third-order valence-corrected chi connectivity index (χ3v) is 1.15. The predicted molar refractivity (Wildman–Crippen MR) is 48.1 cm³/mol. The fourth-order valence-electron chi connectivity index (χ4n) is 0.704. The van der Waals surface area contributed by atoms with E-state index in [0.29, 0.717) is 6.42 Å². The van der Waals surface area contributed by atoms with Crippen LogP contribution in [0.15, 0.2) is 0 Å². The van der Waals surface area contributed by atoms with Gasteiger partial charge in [0.1, 0.15) is 0 Å². The summed E-state index contributed by atoms with van der Waals surface area (Å²) in [5.74, 6) is -0.470. The zero-order chi connectivity index (χ0) is 10.4. The van der Waals surface area contributed by atoms with Gasteiger partial charge in [-0.2, -0.15) is 0 Å². The lowest BCUT2D eigenvalue weighted by Crippen LogP contribution is -2.68. The van der Waals surface area contributed by atoms with Gasteiger partial charge in [-0.05, 0) is 13.8 Å². The summed E-state index contributed by atoms with van der Waals surface area (Å²) in [7, 11) is 0. The van der Waals surface area contributed by atoms with Gasteiger partial charge in [0, 0.05) is 6.42 Å². The fourth-order valence-corrected chi connectivity index (χ4v) is 0.704. The van der Waals surface area contributed by atoms with E-state index < -0.39 is 17.6 Å². The minimum Gasteiger partial charge on any atom is -0.390 e. The molecule has 0 fully saturated rings. The number of quaternary nitrogens is 1. The Labute approximate surface area is 73.9 Å². The molecule has 0 spiro atoms. The number of primary amides is 1. The molecule has 0 aliphatic carbocycles. The zero-order valence-corrected chi connectivity index (χ0v) is 8.42. The molecule has 0 aromatic heterocycles. The standard InChI is InChI=1S/C6H14N2O2.C2H6/c1-6(2,10)3-4(7)5(8)9;1-2/h4,10H,3,7H2,1-2H3,(H2,8,9);1-2H3/p+1. The van der Waals surface area contributed by atoms with Crippen molar-refractivity contribution in [3.05, 3.63) is 0 Å². The molecule has 4 nitrogen and oxygen atoms in total. The smallest absolute Gasteiger partial charge is 0.275 e. The van der Waals surface area contributed by atoms with Gasteiger partial charge in [0.05, 0.1) is 5.60 Å². The molecular formula is C8H21N2O2+. The molecule has 6 N–H and O–H groups in total. The molecule has 0 aliphatic rings. The second-order valence-electron chi connectivity index (χ2n) is 3.12. The number of amides is 1. The van der Waals surface area contributed by atoms with E-state index in [9.17, 15) is 9.90 Å². The van der Waals surface area contributed by atoms with Crippen molar-refractivity contribution in [3.8, 4) is 0 Å². The Morgan fingerprint density at radius 2 is 1.92 bits per heavy atom. The maximum absolute atomic E-state index is 10.4. The van der Waals surface area contributed by atoms with E-state index >= 15 is 0 Å². The fraction of sp³-hybridized carbons (Fsp3) is 0.875. The summed E-state index contributed by atoms with van der Waals surface area (Å²) in [4.78, 5) is 10.4. The van der Waals surface area contributed by atoms with Gasteiger partial charge in [-0.15, -0.1) is 0 Å². The normalized spacial score (nSPS) is 12.8. The number of hydrogen-bond donors (Lipinski definition) is 3. The third kappa shape index (κ3) is 9.39. The minimum absolute atomic E-state index is 0.308. The number of nitrogens with two attached hydrogens (primary N) is 1. The summed E-state index contributed by atoms with van der Waals surface area (Å²) in [6, 6.07) is -0.500. The molecule has 0 aromatic rings. The Hall–Kier alpha value is -0.610. The SMILES string of the molecule is CC.CC(C)(O)CC([NH3+])C(N)=O. The van der Waals surface area contributed by atoms with Crippen molar-refractivity contribution >= 4 is 5.91 Å². The Morgan fingerprint density at radius 3 is 2.00 bits per heavy atom. The van der Waals surface area contributed by atoms with Crippen molar-refractivity contribution < 1.29 is 15.6 Å². The molecule has 0 saturated heterocycles. The molecule has 74 valence electrons. The van der Waals surface area contributed by atoms with E-state index in [-0.39, 0.29) is 0 Å². The highest BCUT2D eigenvalue weighted by molar-refractivity contribution is 5.78. The van der Waals surface area contributed by atoms with Crippen LogP contribution in [0.5, 0.6) is 0 Å². The quantitative estimate of drug-likeness (QED) is 0.530. The molecular weight excluding hydrogens is 156 g/mol. The van der Waals surface area contributed by atoms with Gasteiger partial charge in [-0.25, -0.2) is 0 Å². The second kappa shape index (κ2) is 5.97. The Kier molecular flexibility index (Phi) is 6.94. The third-order valence-electron chi connectivity index (χ3n) is 1.15. The molecule has 0 saturated carbocycles. The van der Waals surface area contributed by atoms with Crippen LogP contribution in [0.3, 0.4) is 0 Å². The largest absolute Gasteiger partial charge is 0.390 e. The summed E-state index contributed by atoms with van der Waals surface area (Å²) in [5.41, 5.74) is 7.56. The molecule has 4 heteroatoms. The Balaban J connectivity index is 0. The highest BCUT2D eigenvalue weighted by atomic mass is 16.3. The number of aliphatic hydroxyl groups is 1. The van der Waals surface area contributed by atoms with Crippen molar-refractivity contribution in [1.29, 1.82) is 0 Å². The summed E-state index contributed by atoms with van der Waals surface area (Å²) in [6.45, 7) is 7.24. The number of carbonyl (C=O) groups excluding carboxylic acids is 1. The van der Waals surface area contributed by atoms with Crippen LogP contribution in [0.2, 0.25) is 0 Å². The summed E-state index contributed by atoms with van der Waals surface area (Å²) >= 11 is 0. The van der Waals surface area contributed by atoms with E-state index in [2.05, 4.69) is 5.73 Å². The van der Waals surface area contributed by atoms with Crippen LogP contribution in [-0.4, -0.2) is 22.7 Å². The average molecular weight is 177 g/mol. The van der Waals surface area contributed by atoms with Gasteiger partial charge in [-0.3, -0.25) is 4.79 Å².